The summed E-state index contributed by atoms with van der Waals surface area (Å²) in [6.07, 6.45) is 1.07. The molecule has 0 saturated heterocycles. The lowest BCUT2D eigenvalue weighted by Gasteiger charge is -2.21. The second-order valence-electron chi connectivity index (χ2n) is 4.09. The molecule has 0 radical (unpaired) electrons. The van der Waals surface area contributed by atoms with Gasteiger partial charge in [0.1, 0.15) is 11.5 Å². The van der Waals surface area contributed by atoms with Crippen LogP contribution in [0.3, 0.4) is 0 Å². The molecule has 100 valence electrons. The van der Waals surface area contributed by atoms with Crippen LogP contribution in [0.2, 0.25) is 0 Å². The highest BCUT2D eigenvalue weighted by Crippen LogP contribution is 2.39. The monoisotopic (exact) mass is 274 g/mol. The number of hydrogen-bond donors (Lipinski definition) is 0. The van der Waals surface area contributed by atoms with Crippen LogP contribution in [-0.2, 0) is 0 Å². The number of hydrogen-bond acceptors (Lipinski definition) is 2. The quantitative estimate of drug-likeness (QED) is 0.780. The smallest absolute Gasteiger partial charge is 0.126 e. The Morgan fingerprint density at radius 1 is 0.789 bits per heavy atom. The van der Waals surface area contributed by atoms with Crippen molar-refractivity contribution in [2.45, 2.75) is 6.92 Å². The first-order chi connectivity index (χ1) is 9.31. The van der Waals surface area contributed by atoms with Gasteiger partial charge in [0, 0.05) is 10.6 Å². The molecular weight excluding hydrogens is 255 g/mol. The molecule has 3 heteroatoms. The fraction of sp³-hybridized carbons (Fsp3) is 0.250. The standard InChI is InChI=1S/C16H19O2P/c1-4-19(15-11-7-5-9-13(15)17-2)16-12-8-6-10-14(16)18-3/h5-12H,4H2,1-3H3. The summed E-state index contributed by atoms with van der Waals surface area (Å²) < 4.78 is 11.0. The van der Waals surface area contributed by atoms with Crippen molar-refractivity contribution in [3.05, 3.63) is 48.5 Å². The number of rotatable bonds is 5. The summed E-state index contributed by atoms with van der Waals surface area (Å²) in [4.78, 5) is 0. The van der Waals surface area contributed by atoms with Crippen molar-refractivity contribution >= 4 is 18.5 Å². The zero-order valence-electron chi connectivity index (χ0n) is 11.6. The average molecular weight is 274 g/mol. The van der Waals surface area contributed by atoms with E-state index >= 15 is 0 Å². The molecule has 0 N–H and O–H groups in total. The van der Waals surface area contributed by atoms with Crippen molar-refractivity contribution in [2.75, 3.05) is 20.4 Å². The Hall–Kier alpha value is -1.53. The molecule has 0 aliphatic carbocycles. The van der Waals surface area contributed by atoms with Gasteiger partial charge in [-0.05, 0) is 26.2 Å². The molecule has 0 bridgehead atoms. The Morgan fingerprint density at radius 2 is 1.21 bits per heavy atom. The first-order valence-corrected chi connectivity index (χ1v) is 7.88. The predicted octanol–water partition coefficient (Wildman–Crippen LogP) is 3.16. The van der Waals surface area contributed by atoms with Crippen LogP contribution in [-0.4, -0.2) is 20.4 Å². The maximum atomic E-state index is 5.50. The molecule has 0 fully saturated rings. The minimum absolute atomic E-state index is 0.452. The van der Waals surface area contributed by atoms with E-state index in [0.717, 1.165) is 17.7 Å². The normalized spacial score (nSPS) is 10.5. The molecule has 0 aromatic heterocycles. The summed E-state index contributed by atoms with van der Waals surface area (Å²) in [5.74, 6) is 1.92. The van der Waals surface area contributed by atoms with Crippen LogP contribution in [0.25, 0.3) is 0 Å². The molecule has 2 nitrogen and oxygen atoms in total. The third kappa shape index (κ3) is 2.90. The van der Waals surface area contributed by atoms with Crippen molar-refractivity contribution in [3.8, 4) is 11.5 Å². The maximum absolute atomic E-state index is 5.50. The predicted molar refractivity (Wildman–Crippen MR) is 82.7 cm³/mol. The third-order valence-corrected chi connectivity index (χ3v) is 5.60. The average Bonchev–Trinajstić information content (AvgIpc) is 2.49. The first-order valence-electron chi connectivity index (χ1n) is 6.35. The molecule has 0 heterocycles. The Balaban J connectivity index is 2.50. The molecule has 2 aromatic rings. The first kappa shape index (κ1) is 13.9. The minimum atomic E-state index is -0.452. The lowest BCUT2D eigenvalue weighted by molar-refractivity contribution is 0.417. The second kappa shape index (κ2) is 6.58. The zero-order valence-corrected chi connectivity index (χ0v) is 12.5. The van der Waals surface area contributed by atoms with Crippen molar-refractivity contribution in [2.24, 2.45) is 0 Å². The van der Waals surface area contributed by atoms with Crippen molar-refractivity contribution in [3.63, 3.8) is 0 Å². The van der Waals surface area contributed by atoms with Gasteiger partial charge in [0.2, 0.25) is 0 Å². The number of benzene rings is 2. The maximum Gasteiger partial charge on any atom is 0.126 e. The Bertz CT molecular complexity index is 492. The van der Waals surface area contributed by atoms with Crippen LogP contribution < -0.4 is 20.1 Å². The Kier molecular flexibility index (Phi) is 4.81. The van der Waals surface area contributed by atoms with Crippen molar-refractivity contribution in [1.29, 1.82) is 0 Å². The van der Waals surface area contributed by atoms with Gasteiger partial charge in [-0.25, -0.2) is 0 Å². The van der Waals surface area contributed by atoms with Gasteiger partial charge in [0.25, 0.3) is 0 Å². The Labute approximate surface area is 116 Å². The molecule has 19 heavy (non-hydrogen) atoms. The van der Waals surface area contributed by atoms with Gasteiger partial charge in [-0.2, -0.15) is 0 Å². The molecule has 0 atom stereocenters. The van der Waals surface area contributed by atoms with E-state index in [9.17, 15) is 0 Å². The largest absolute Gasteiger partial charge is 0.496 e. The highest BCUT2D eigenvalue weighted by Gasteiger charge is 2.18. The summed E-state index contributed by atoms with van der Waals surface area (Å²) in [6, 6.07) is 16.5. The van der Waals surface area contributed by atoms with Gasteiger partial charge >= 0.3 is 0 Å². The second-order valence-corrected chi connectivity index (χ2v) is 6.54. The van der Waals surface area contributed by atoms with E-state index in [1.165, 1.54) is 10.6 Å². The molecule has 0 saturated carbocycles. The molecule has 0 aliphatic rings. The van der Waals surface area contributed by atoms with Gasteiger partial charge in [-0.1, -0.05) is 43.3 Å². The summed E-state index contributed by atoms with van der Waals surface area (Å²) in [6.45, 7) is 2.21. The van der Waals surface area contributed by atoms with Crippen LogP contribution in [0, 0.1) is 0 Å². The number of ether oxygens (including phenoxy) is 2. The van der Waals surface area contributed by atoms with Gasteiger partial charge in [-0.15, -0.1) is 0 Å². The van der Waals surface area contributed by atoms with E-state index in [4.69, 9.17) is 9.47 Å². The highest BCUT2D eigenvalue weighted by atomic mass is 31.1. The number of para-hydroxylation sites is 2. The van der Waals surface area contributed by atoms with E-state index in [2.05, 4.69) is 31.2 Å². The topological polar surface area (TPSA) is 18.5 Å². The van der Waals surface area contributed by atoms with E-state index in [-0.39, 0.29) is 0 Å². The van der Waals surface area contributed by atoms with Gasteiger partial charge in [0.15, 0.2) is 0 Å². The molecule has 2 aromatic carbocycles. The van der Waals surface area contributed by atoms with E-state index in [1.807, 2.05) is 24.3 Å². The van der Waals surface area contributed by atoms with Gasteiger partial charge in [-0.3, -0.25) is 0 Å². The third-order valence-electron chi connectivity index (χ3n) is 3.07. The summed E-state index contributed by atoms with van der Waals surface area (Å²) >= 11 is 0. The fourth-order valence-corrected chi connectivity index (χ4v) is 4.51. The molecule has 2 rings (SSSR count). The highest BCUT2D eigenvalue weighted by molar-refractivity contribution is 7.73. The van der Waals surface area contributed by atoms with Crippen LogP contribution in [0.15, 0.2) is 48.5 Å². The lowest BCUT2D eigenvalue weighted by atomic mass is 10.3. The van der Waals surface area contributed by atoms with Crippen LogP contribution in [0.5, 0.6) is 11.5 Å². The van der Waals surface area contributed by atoms with E-state index in [0.29, 0.717) is 0 Å². The fourth-order valence-electron chi connectivity index (χ4n) is 2.18. The molecular formula is C16H19O2P. The zero-order chi connectivity index (χ0) is 13.7. The summed E-state index contributed by atoms with van der Waals surface area (Å²) in [7, 11) is 3.00. The molecule has 0 aliphatic heterocycles. The van der Waals surface area contributed by atoms with E-state index < -0.39 is 7.92 Å². The van der Waals surface area contributed by atoms with Gasteiger partial charge in [0.05, 0.1) is 14.2 Å². The van der Waals surface area contributed by atoms with Crippen LogP contribution >= 0.6 is 7.92 Å². The SMILES string of the molecule is CCP(c1ccccc1OC)c1ccccc1OC. The summed E-state index contributed by atoms with van der Waals surface area (Å²) in [5.41, 5.74) is 0. The minimum Gasteiger partial charge on any atom is -0.496 e. The molecule has 0 amide bonds. The molecule has 0 spiro atoms. The van der Waals surface area contributed by atoms with E-state index in [1.54, 1.807) is 14.2 Å². The van der Waals surface area contributed by atoms with Crippen LogP contribution in [0.4, 0.5) is 0 Å². The van der Waals surface area contributed by atoms with Crippen molar-refractivity contribution in [1.82, 2.24) is 0 Å². The molecule has 0 unspecified atom stereocenters. The van der Waals surface area contributed by atoms with Gasteiger partial charge < -0.3 is 9.47 Å². The van der Waals surface area contributed by atoms with Crippen LogP contribution in [0.1, 0.15) is 6.92 Å². The lowest BCUT2D eigenvalue weighted by Crippen LogP contribution is -2.17. The Morgan fingerprint density at radius 3 is 1.58 bits per heavy atom. The summed E-state index contributed by atoms with van der Waals surface area (Å²) in [5, 5.41) is 2.54. The number of methoxy groups -OCH3 is 2. The van der Waals surface area contributed by atoms with Crippen molar-refractivity contribution < 1.29 is 9.47 Å².